The summed E-state index contributed by atoms with van der Waals surface area (Å²) in [5.41, 5.74) is -0.551. The third-order valence-electron chi connectivity index (χ3n) is 2.75. The van der Waals surface area contributed by atoms with Crippen molar-refractivity contribution in [2.75, 3.05) is 0 Å². The quantitative estimate of drug-likeness (QED) is 0.760. The molecule has 3 heteroatoms. The molecule has 0 radical (unpaired) electrons. The van der Waals surface area contributed by atoms with Crippen molar-refractivity contribution in [3.8, 4) is 11.8 Å². The zero-order valence-electron chi connectivity index (χ0n) is 8.53. The molecule has 0 aromatic heterocycles. The fourth-order valence-corrected chi connectivity index (χ4v) is 1.44. The van der Waals surface area contributed by atoms with Gasteiger partial charge in [-0.1, -0.05) is 0 Å². The molecule has 1 aliphatic rings. The maximum Gasteiger partial charge on any atom is 0.147 e. The summed E-state index contributed by atoms with van der Waals surface area (Å²) < 4.78 is 19.0. The fourth-order valence-electron chi connectivity index (χ4n) is 1.44. The number of nitrogens with zero attached hydrogens (tertiary/aromatic N) is 1. The third kappa shape index (κ3) is 2.10. The Labute approximate surface area is 88.3 Å². The first-order valence-electron chi connectivity index (χ1n) is 5.00. The topological polar surface area (TPSA) is 33.0 Å². The largest absolute Gasteiger partial charge is 0.487 e. The molecule has 2 rings (SSSR count). The van der Waals surface area contributed by atoms with Crippen molar-refractivity contribution in [3.63, 3.8) is 0 Å². The van der Waals surface area contributed by atoms with Gasteiger partial charge in [0.1, 0.15) is 17.5 Å². The van der Waals surface area contributed by atoms with E-state index in [1.165, 1.54) is 0 Å². The number of ether oxygens (including phenoxy) is 1. The van der Waals surface area contributed by atoms with Gasteiger partial charge in [0.2, 0.25) is 0 Å². The molecule has 1 aromatic carbocycles. The molecular weight excluding hydrogens is 193 g/mol. The SMILES string of the molecule is CC(Oc1ccc(C#N)cc1)C1(F)CC1. The van der Waals surface area contributed by atoms with Gasteiger partial charge in [0.15, 0.2) is 0 Å². The molecule has 1 fully saturated rings. The van der Waals surface area contributed by atoms with E-state index in [4.69, 9.17) is 10.00 Å². The molecule has 0 saturated heterocycles. The number of hydrogen-bond donors (Lipinski definition) is 0. The van der Waals surface area contributed by atoms with Gasteiger partial charge in [0.25, 0.3) is 0 Å². The number of rotatable bonds is 3. The Hall–Kier alpha value is -1.56. The van der Waals surface area contributed by atoms with E-state index in [9.17, 15) is 4.39 Å². The van der Waals surface area contributed by atoms with E-state index >= 15 is 0 Å². The molecule has 0 bridgehead atoms. The van der Waals surface area contributed by atoms with Crippen LogP contribution in [0.3, 0.4) is 0 Å². The summed E-state index contributed by atoms with van der Waals surface area (Å²) in [6, 6.07) is 8.74. The van der Waals surface area contributed by atoms with E-state index in [0.717, 1.165) is 0 Å². The number of hydrogen-bond acceptors (Lipinski definition) is 2. The summed E-state index contributed by atoms with van der Waals surface area (Å²) in [6.07, 6.45) is 0.764. The van der Waals surface area contributed by atoms with Crippen LogP contribution >= 0.6 is 0 Å². The monoisotopic (exact) mass is 205 g/mol. The zero-order valence-corrected chi connectivity index (χ0v) is 8.53. The minimum Gasteiger partial charge on any atom is -0.487 e. The van der Waals surface area contributed by atoms with Gasteiger partial charge in [-0.2, -0.15) is 5.26 Å². The van der Waals surface area contributed by atoms with E-state index in [0.29, 0.717) is 24.2 Å². The van der Waals surface area contributed by atoms with Gasteiger partial charge in [-0.25, -0.2) is 4.39 Å². The summed E-state index contributed by atoms with van der Waals surface area (Å²) in [4.78, 5) is 0. The molecular formula is C12H12FNO. The van der Waals surface area contributed by atoms with Gasteiger partial charge in [-0.15, -0.1) is 0 Å². The average molecular weight is 205 g/mol. The minimum absolute atomic E-state index is 0.412. The third-order valence-corrected chi connectivity index (χ3v) is 2.75. The smallest absolute Gasteiger partial charge is 0.147 e. The van der Waals surface area contributed by atoms with Crippen LogP contribution < -0.4 is 4.74 Å². The highest BCUT2D eigenvalue weighted by Gasteiger charge is 2.49. The summed E-state index contributed by atoms with van der Waals surface area (Å²) >= 11 is 0. The Morgan fingerprint density at radius 3 is 2.47 bits per heavy atom. The second-order valence-corrected chi connectivity index (χ2v) is 3.93. The van der Waals surface area contributed by atoms with E-state index in [2.05, 4.69) is 0 Å². The van der Waals surface area contributed by atoms with Crippen molar-refractivity contribution < 1.29 is 9.13 Å². The van der Waals surface area contributed by atoms with Gasteiger partial charge in [-0.3, -0.25) is 0 Å². The molecule has 0 heterocycles. The lowest BCUT2D eigenvalue weighted by Crippen LogP contribution is -2.26. The predicted octanol–water partition coefficient (Wildman–Crippen LogP) is 2.83. The van der Waals surface area contributed by atoms with E-state index < -0.39 is 11.8 Å². The highest BCUT2D eigenvalue weighted by molar-refractivity contribution is 5.34. The maximum atomic E-state index is 13.5. The molecule has 1 saturated carbocycles. The molecule has 1 unspecified atom stereocenters. The normalized spacial score (nSPS) is 19.0. The molecule has 15 heavy (non-hydrogen) atoms. The van der Waals surface area contributed by atoms with Crippen molar-refractivity contribution >= 4 is 0 Å². The molecule has 2 nitrogen and oxygen atoms in total. The Bertz CT molecular complexity index is 389. The summed E-state index contributed by atoms with van der Waals surface area (Å²) in [7, 11) is 0. The molecule has 0 spiro atoms. The van der Waals surface area contributed by atoms with Gasteiger partial charge >= 0.3 is 0 Å². The van der Waals surface area contributed by atoms with Gasteiger partial charge < -0.3 is 4.74 Å². The summed E-state index contributed by atoms with van der Waals surface area (Å²) in [6.45, 7) is 1.74. The highest BCUT2D eigenvalue weighted by Crippen LogP contribution is 2.44. The number of nitriles is 1. The van der Waals surface area contributed by atoms with Crippen LogP contribution in [0.4, 0.5) is 4.39 Å². The van der Waals surface area contributed by atoms with Crippen LogP contribution in [0.2, 0.25) is 0 Å². The van der Waals surface area contributed by atoms with Crippen molar-refractivity contribution in [1.29, 1.82) is 5.26 Å². The van der Waals surface area contributed by atoms with Crippen molar-refractivity contribution in [2.24, 2.45) is 0 Å². The molecule has 1 aliphatic carbocycles. The van der Waals surface area contributed by atoms with E-state index in [1.54, 1.807) is 31.2 Å². The second-order valence-electron chi connectivity index (χ2n) is 3.93. The molecule has 0 N–H and O–H groups in total. The van der Waals surface area contributed by atoms with E-state index in [1.807, 2.05) is 6.07 Å². The van der Waals surface area contributed by atoms with Crippen LogP contribution in [0.5, 0.6) is 5.75 Å². The van der Waals surface area contributed by atoms with Crippen LogP contribution in [0.25, 0.3) is 0 Å². The molecule has 1 atom stereocenters. The second kappa shape index (κ2) is 3.54. The van der Waals surface area contributed by atoms with Crippen LogP contribution in [0.15, 0.2) is 24.3 Å². The number of benzene rings is 1. The first-order valence-corrected chi connectivity index (χ1v) is 5.00. The standard InChI is InChI=1S/C12H12FNO/c1-9(12(13)6-7-12)15-11-4-2-10(8-14)3-5-11/h2-5,9H,6-7H2,1H3. The first kappa shape index (κ1) is 9.97. The van der Waals surface area contributed by atoms with Crippen molar-refractivity contribution in [1.82, 2.24) is 0 Å². The Morgan fingerprint density at radius 2 is 2.00 bits per heavy atom. The average Bonchev–Trinajstić information content (AvgIpc) is 2.99. The van der Waals surface area contributed by atoms with Crippen LogP contribution in [-0.4, -0.2) is 11.8 Å². The highest BCUT2D eigenvalue weighted by atomic mass is 19.1. The van der Waals surface area contributed by atoms with Gasteiger partial charge in [0.05, 0.1) is 11.6 Å². The molecule has 0 amide bonds. The van der Waals surface area contributed by atoms with Gasteiger partial charge in [-0.05, 0) is 44.0 Å². The summed E-state index contributed by atoms with van der Waals surface area (Å²) in [5, 5.41) is 8.60. The first-order chi connectivity index (χ1) is 7.14. The van der Waals surface area contributed by atoms with E-state index in [-0.39, 0.29) is 0 Å². The predicted molar refractivity (Wildman–Crippen MR) is 54.3 cm³/mol. The molecule has 0 aliphatic heterocycles. The fraction of sp³-hybridized carbons (Fsp3) is 0.417. The molecule has 78 valence electrons. The van der Waals surface area contributed by atoms with Crippen molar-refractivity contribution in [3.05, 3.63) is 29.8 Å². The lowest BCUT2D eigenvalue weighted by atomic mass is 10.2. The number of alkyl halides is 1. The Morgan fingerprint density at radius 1 is 1.40 bits per heavy atom. The molecule has 1 aromatic rings. The van der Waals surface area contributed by atoms with Crippen molar-refractivity contribution in [2.45, 2.75) is 31.5 Å². The van der Waals surface area contributed by atoms with Crippen LogP contribution in [0.1, 0.15) is 25.3 Å². The summed E-state index contributed by atoms with van der Waals surface area (Å²) in [5.74, 6) is 0.616. The lowest BCUT2D eigenvalue weighted by molar-refractivity contribution is 0.0971. The van der Waals surface area contributed by atoms with Crippen LogP contribution in [0, 0.1) is 11.3 Å². The number of halogens is 1. The Balaban J connectivity index is 2.02. The van der Waals surface area contributed by atoms with Gasteiger partial charge in [0, 0.05) is 0 Å². The Kier molecular flexibility index (Phi) is 2.36. The maximum absolute atomic E-state index is 13.5. The lowest BCUT2D eigenvalue weighted by Gasteiger charge is -2.17. The minimum atomic E-state index is -1.13. The van der Waals surface area contributed by atoms with Crippen LogP contribution in [-0.2, 0) is 0 Å². The zero-order chi connectivity index (χ0) is 10.9.